The fourth-order valence-corrected chi connectivity index (χ4v) is 6.56. The van der Waals surface area contributed by atoms with Gasteiger partial charge in [0.05, 0.1) is 6.42 Å². The van der Waals surface area contributed by atoms with Crippen molar-refractivity contribution >= 4 is 52.6 Å². The van der Waals surface area contributed by atoms with E-state index in [4.69, 9.17) is 0 Å². The average molecular weight is 508 g/mol. The lowest BCUT2D eigenvalue weighted by Crippen LogP contribution is -2.70. The highest BCUT2D eigenvalue weighted by Crippen LogP contribution is 2.41. The lowest BCUT2D eigenvalue weighted by atomic mass is 10.0. The molecule has 1 fully saturated rings. The first kappa shape index (κ1) is 23.4. The number of aromatic nitrogens is 2. The lowest BCUT2D eigenvalue weighted by molar-refractivity contribution is -0.150. The predicted molar refractivity (Wildman–Crippen MR) is 127 cm³/mol. The van der Waals surface area contributed by atoms with Crippen LogP contribution in [0.15, 0.2) is 50.9 Å². The molecule has 2 atom stereocenters. The van der Waals surface area contributed by atoms with Crippen LogP contribution in [0.25, 0.3) is 0 Å². The largest absolute Gasteiger partial charge is 0.477 e. The minimum absolute atomic E-state index is 0.0540. The molecule has 2 aromatic heterocycles. The van der Waals surface area contributed by atoms with Crippen molar-refractivity contribution in [3.05, 3.63) is 56.4 Å². The van der Waals surface area contributed by atoms with Crippen molar-refractivity contribution in [1.29, 1.82) is 0 Å². The molecule has 1 saturated heterocycles. The van der Waals surface area contributed by atoms with Gasteiger partial charge < -0.3 is 15.4 Å². The summed E-state index contributed by atoms with van der Waals surface area (Å²) in [6.07, 6.45) is 1.78. The van der Waals surface area contributed by atoms with Crippen LogP contribution in [0, 0.1) is 0 Å². The molecule has 2 aromatic rings. The van der Waals surface area contributed by atoms with E-state index in [0.717, 1.165) is 4.88 Å². The Kier molecular flexibility index (Phi) is 6.81. The van der Waals surface area contributed by atoms with E-state index >= 15 is 0 Å². The van der Waals surface area contributed by atoms with Crippen LogP contribution in [0.2, 0.25) is 0 Å². The molecule has 10 nitrogen and oxygen atoms in total. The number of carboxylic acid groups (broad SMARTS) is 1. The van der Waals surface area contributed by atoms with Gasteiger partial charge in [-0.05, 0) is 23.1 Å². The molecule has 0 unspecified atom stereocenters. The summed E-state index contributed by atoms with van der Waals surface area (Å²) in [5, 5.41) is 16.0. The number of fused-ring (bicyclic) bond motifs is 1. The molecule has 0 aromatic carbocycles. The van der Waals surface area contributed by atoms with Gasteiger partial charge in [0.1, 0.15) is 22.1 Å². The smallest absolute Gasteiger partial charge is 0.367 e. The molecule has 33 heavy (non-hydrogen) atoms. The third-order valence-corrected chi connectivity index (χ3v) is 8.30. The van der Waals surface area contributed by atoms with Crippen LogP contribution in [0.3, 0.4) is 0 Å². The van der Waals surface area contributed by atoms with Gasteiger partial charge in [-0.1, -0.05) is 6.07 Å². The van der Waals surface area contributed by atoms with Crippen molar-refractivity contribution < 1.29 is 19.5 Å². The summed E-state index contributed by atoms with van der Waals surface area (Å²) in [6, 6.07) is 4.64. The Balaban J connectivity index is 1.44. The predicted octanol–water partition coefficient (Wildman–Crippen LogP) is 0.576. The Morgan fingerprint density at radius 1 is 1.33 bits per heavy atom. The zero-order valence-corrected chi connectivity index (χ0v) is 20.2. The number of carboxylic acids is 1. The van der Waals surface area contributed by atoms with Crippen molar-refractivity contribution in [3.8, 4) is 0 Å². The standard InChI is InChI=1S/C20H21N5O5S3/c1-23(2)24-6-5-14(22-20(24)30)32-9-11-10-33-18-15(17(27)25(18)16(11)19(28)29)21-13(26)8-12-4-3-7-31-12/h3-7,15,18H,8-10H2,1-2H3,(H,21,26)(H,28,29)/t15-,18+/m1/s1. The molecule has 2 aliphatic rings. The second-order valence-corrected chi connectivity index (χ2v) is 10.6. The van der Waals surface area contributed by atoms with Gasteiger partial charge >= 0.3 is 11.7 Å². The Labute approximate surface area is 201 Å². The van der Waals surface area contributed by atoms with Crippen LogP contribution in [-0.4, -0.2) is 74.5 Å². The molecular weight excluding hydrogens is 486 g/mol. The third-order valence-electron chi connectivity index (χ3n) is 5.07. The maximum atomic E-state index is 12.7. The first-order valence-corrected chi connectivity index (χ1v) is 12.8. The van der Waals surface area contributed by atoms with Crippen LogP contribution in [0.1, 0.15) is 4.88 Å². The van der Waals surface area contributed by atoms with Crippen LogP contribution in [-0.2, 0) is 20.8 Å². The van der Waals surface area contributed by atoms with Gasteiger partial charge in [-0.2, -0.15) is 4.98 Å². The number of carbonyl (C=O) groups excluding carboxylic acids is 2. The Bertz CT molecular complexity index is 1180. The van der Waals surface area contributed by atoms with Crippen molar-refractivity contribution in [1.82, 2.24) is 19.9 Å². The van der Waals surface area contributed by atoms with E-state index in [2.05, 4.69) is 10.3 Å². The number of thioether (sulfide) groups is 2. The normalized spacial score (nSPS) is 19.7. The molecule has 13 heteroatoms. The SMILES string of the molecule is CN(C)n1ccc(SCC2=C(C(=O)O)N3C(=O)[C@@H](NC(=O)Cc4cccs4)[C@@H]3SC2)nc1=O. The molecule has 174 valence electrons. The summed E-state index contributed by atoms with van der Waals surface area (Å²) in [4.78, 5) is 55.3. The summed E-state index contributed by atoms with van der Waals surface area (Å²) in [5.74, 6) is -1.22. The van der Waals surface area contributed by atoms with Crippen LogP contribution in [0.5, 0.6) is 0 Å². The Morgan fingerprint density at radius 2 is 2.12 bits per heavy atom. The van der Waals surface area contributed by atoms with Crippen molar-refractivity contribution in [2.45, 2.75) is 22.9 Å². The molecule has 2 N–H and O–H groups in total. The fourth-order valence-electron chi connectivity index (χ4n) is 3.52. The Morgan fingerprint density at radius 3 is 2.76 bits per heavy atom. The maximum absolute atomic E-state index is 12.7. The zero-order valence-electron chi connectivity index (χ0n) is 17.8. The summed E-state index contributed by atoms with van der Waals surface area (Å²) in [7, 11) is 3.44. The number of carbonyl (C=O) groups is 3. The molecule has 2 amide bonds. The van der Waals surface area contributed by atoms with Crippen LogP contribution < -0.4 is 16.0 Å². The van der Waals surface area contributed by atoms with Crippen LogP contribution >= 0.6 is 34.9 Å². The molecule has 0 radical (unpaired) electrons. The van der Waals surface area contributed by atoms with E-state index in [1.807, 2.05) is 17.5 Å². The summed E-state index contributed by atoms with van der Waals surface area (Å²) < 4.78 is 1.35. The number of β-lactam (4-membered cyclic amide) rings is 1. The number of aliphatic carboxylic acids is 1. The number of nitrogens with one attached hydrogen (secondary N) is 1. The van der Waals surface area contributed by atoms with Crippen molar-refractivity contribution in [2.75, 3.05) is 30.6 Å². The maximum Gasteiger partial charge on any atom is 0.367 e. The second-order valence-electron chi connectivity index (χ2n) is 7.50. The van der Waals surface area contributed by atoms with E-state index < -0.39 is 29.0 Å². The topological polar surface area (TPSA) is 125 Å². The van der Waals surface area contributed by atoms with Crippen LogP contribution in [0.4, 0.5) is 0 Å². The molecule has 4 rings (SSSR count). The van der Waals surface area contributed by atoms with Gasteiger partial charge in [-0.15, -0.1) is 34.9 Å². The quantitative estimate of drug-likeness (QED) is 0.300. The van der Waals surface area contributed by atoms with Gasteiger partial charge in [0, 0.05) is 36.7 Å². The Hall–Kier alpha value is -2.77. The highest BCUT2D eigenvalue weighted by Gasteiger charge is 2.54. The molecule has 0 spiro atoms. The first-order valence-electron chi connectivity index (χ1n) is 9.88. The average Bonchev–Trinajstić information content (AvgIpc) is 3.27. The number of hydrogen-bond donors (Lipinski definition) is 2. The third kappa shape index (κ3) is 4.80. The van der Waals surface area contributed by atoms with E-state index in [1.165, 1.54) is 44.4 Å². The number of rotatable bonds is 8. The number of hydrogen-bond acceptors (Lipinski definition) is 9. The second kappa shape index (κ2) is 9.61. The molecule has 0 saturated carbocycles. The molecule has 2 aliphatic heterocycles. The summed E-state index contributed by atoms with van der Waals surface area (Å²) >= 11 is 4.12. The monoisotopic (exact) mass is 507 g/mol. The van der Waals surface area contributed by atoms with Gasteiger partial charge in [0.15, 0.2) is 0 Å². The van der Waals surface area contributed by atoms with E-state index in [9.17, 15) is 24.3 Å². The zero-order chi connectivity index (χ0) is 23.7. The van der Waals surface area contributed by atoms with Gasteiger partial charge in [0.2, 0.25) is 5.91 Å². The molecule has 0 aliphatic carbocycles. The number of nitrogens with zero attached hydrogens (tertiary/aromatic N) is 4. The molecular formula is C20H21N5O5S3. The van der Waals surface area contributed by atoms with Crippen molar-refractivity contribution in [2.24, 2.45) is 0 Å². The summed E-state index contributed by atoms with van der Waals surface area (Å²) in [6.45, 7) is 0. The number of amides is 2. The first-order chi connectivity index (χ1) is 15.8. The minimum Gasteiger partial charge on any atom is -0.477 e. The lowest BCUT2D eigenvalue weighted by Gasteiger charge is -2.49. The van der Waals surface area contributed by atoms with E-state index in [-0.39, 0.29) is 23.8 Å². The highest BCUT2D eigenvalue weighted by atomic mass is 32.2. The highest BCUT2D eigenvalue weighted by molar-refractivity contribution is 8.01. The molecule has 0 bridgehead atoms. The van der Waals surface area contributed by atoms with Gasteiger partial charge in [0.25, 0.3) is 5.91 Å². The van der Waals surface area contributed by atoms with E-state index in [1.54, 1.807) is 31.4 Å². The number of thiophene rings is 1. The van der Waals surface area contributed by atoms with Gasteiger partial charge in [-0.25, -0.2) is 14.3 Å². The van der Waals surface area contributed by atoms with Gasteiger partial charge in [-0.3, -0.25) is 14.5 Å². The fraction of sp³-hybridized carbons (Fsp3) is 0.350. The summed E-state index contributed by atoms with van der Waals surface area (Å²) in [5.41, 5.74) is 0.0836. The minimum atomic E-state index is -1.19. The van der Waals surface area contributed by atoms with E-state index in [0.29, 0.717) is 16.4 Å². The van der Waals surface area contributed by atoms with Crippen molar-refractivity contribution in [3.63, 3.8) is 0 Å². The molecule has 4 heterocycles.